The minimum atomic E-state index is -0.695. The Kier molecular flexibility index (Phi) is 16.0. The number of piperidine rings is 1. The number of hydrogen-bond acceptors (Lipinski definition) is 11. The fourth-order valence-electron chi connectivity index (χ4n) is 16.4. The molecule has 10 rings (SSSR count). The van der Waals surface area contributed by atoms with E-state index in [-0.39, 0.29) is 86.6 Å². The number of allylic oxidation sites excluding steroid dienone is 1. The van der Waals surface area contributed by atoms with Gasteiger partial charge in [0, 0.05) is 84.7 Å². The second kappa shape index (κ2) is 21.8. The molecule has 1 aromatic carbocycles. The number of fused-ring (bicyclic) bond motifs is 3. The number of pyridine rings is 1. The van der Waals surface area contributed by atoms with Crippen molar-refractivity contribution in [1.82, 2.24) is 9.47 Å². The Balaban J connectivity index is 0.682. The van der Waals surface area contributed by atoms with E-state index in [0.29, 0.717) is 79.6 Å². The Morgan fingerprint density at radius 1 is 0.933 bits per heavy atom. The topological polar surface area (TPSA) is 141 Å². The zero-order valence-corrected chi connectivity index (χ0v) is 47.3. The number of nitrogens with zero attached hydrogens (tertiary/aromatic N) is 3. The molecule has 5 unspecified atom stereocenters. The molecule has 4 bridgehead atoms. The molecule has 412 valence electrons. The molecule has 0 radical (unpaired) electrons. The van der Waals surface area contributed by atoms with Crippen molar-refractivity contribution in [2.45, 2.75) is 211 Å². The van der Waals surface area contributed by atoms with Crippen LogP contribution in [0, 0.1) is 51.1 Å². The fraction of sp³-hybridized carbons (Fsp3) is 0.754. The van der Waals surface area contributed by atoms with Crippen LogP contribution in [0.2, 0.25) is 5.02 Å². The summed E-state index contributed by atoms with van der Waals surface area (Å²) in [4.78, 5) is 73.9. The molecule has 11 nitrogen and oxygen atoms in total. The molecule has 5 aliphatic carbocycles. The van der Waals surface area contributed by atoms with Gasteiger partial charge in [-0.3, -0.25) is 19.2 Å². The van der Waals surface area contributed by atoms with E-state index in [2.05, 4.69) is 46.2 Å². The summed E-state index contributed by atoms with van der Waals surface area (Å²) in [5, 5.41) is 0.753. The third-order valence-electron chi connectivity index (χ3n) is 21.7. The summed E-state index contributed by atoms with van der Waals surface area (Å²) in [7, 11) is 2.25. The fourth-order valence-corrected chi connectivity index (χ4v) is 17.9. The number of thioether (sulfide) groups is 1. The number of carbonyl (C=O) groups is 4. The Morgan fingerprint density at radius 3 is 2.25 bits per heavy atom. The van der Waals surface area contributed by atoms with Crippen molar-refractivity contribution in [3.8, 4) is 0 Å². The molecule has 2 N–H and O–H groups in total. The van der Waals surface area contributed by atoms with Gasteiger partial charge in [0.25, 0.3) is 0 Å². The Morgan fingerprint density at radius 2 is 1.60 bits per heavy atom. The standard InChI is InChI=1S/C61H86ClFN4O7S/c1-7-58(4)32-50(74-51(70)35-75-43-28-40-19-20-41(29-43)65(40)6)59(5)37(2)21-23-61(24-22-48(69)56(59)61)38(3)46(58)30-42(68)16-14-12-10-8-9-11-13-15-27-73-57(72)45-33-67(39-17-18-39)53-44(55(45)71)31-47(63)54(52(53)62)66-34-49(64)60(36-66)25-26-60/h7,31,33,37-41,43,46,49-50,56H,1,8-30,32,34-36,64H2,2-6H3/t37?,38-,40?,41?,43?,46-,49-,50+,56?,58+,59-,61?/m1/s1. The SMILES string of the molecule is C=C[C@@]1(C)C[C@H](OC(=O)CSC2CC3CCC(C2)N3C)[C@@]2(C)C(C)CCC3(CCC(=O)C32)[C@H](C)[C@H]1CC(=O)CCCCCCCCCCOC(=O)c1cn(C2CC2)c2c(Cl)c(N3C[C@@H](N)C4(CC4)C3)c(F)cc2c1=O. The molecule has 5 saturated carbocycles. The number of ketones is 2. The highest BCUT2D eigenvalue weighted by Crippen LogP contribution is 2.69. The van der Waals surface area contributed by atoms with Gasteiger partial charge >= 0.3 is 11.9 Å². The third-order valence-corrected chi connectivity index (χ3v) is 23.3. The number of benzene rings is 1. The van der Waals surface area contributed by atoms with E-state index in [1.165, 1.54) is 18.9 Å². The first-order valence-electron chi connectivity index (χ1n) is 29.3. The quantitative estimate of drug-likeness (QED) is 0.0725. The maximum atomic E-state index is 15.8. The molecule has 11 atom stereocenters. The second-order valence-electron chi connectivity index (χ2n) is 25.9. The number of rotatable bonds is 21. The van der Waals surface area contributed by atoms with Crippen molar-refractivity contribution in [3.63, 3.8) is 0 Å². The number of halogens is 2. The van der Waals surface area contributed by atoms with Gasteiger partial charge in [-0.1, -0.05) is 83.9 Å². The maximum absolute atomic E-state index is 15.8. The van der Waals surface area contributed by atoms with Crippen molar-refractivity contribution in [2.75, 3.05) is 37.4 Å². The van der Waals surface area contributed by atoms with Crippen LogP contribution in [0.15, 0.2) is 29.7 Å². The summed E-state index contributed by atoms with van der Waals surface area (Å²) >= 11 is 8.73. The van der Waals surface area contributed by atoms with Crippen LogP contribution in [0.4, 0.5) is 10.1 Å². The molecular weight excluding hydrogens is 987 g/mol. The summed E-state index contributed by atoms with van der Waals surface area (Å²) in [5.74, 6) is -0.382. The van der Waals surface area contributed by atoms with Crippen LogP contribution in [-0.4, -0.2) is 94.9 Å². The first kappa shape index (κ1) is 55.1. The molecule has 75 heavy (non-hydrogen) atoms. The maximum Gasteiger partial charge on any atom is 0.343 e. The van der Waals surface area contributed by atoms with E-state index in [0.717, 1.165) is 103 Å². The first-order valence-corrected chi connectivity index (χ1v) is 30.7. The van der Waals surface area contributed by atoms with E-state index in [4.69, 9.17) is 26.8 Å². The van der Waals surface area contributed by atoms with E-state index >= 15 is 4.39 Å². The molecule has 8 aliphatic rings. The summed E-state index contributed by atoms with van der Waals surface area (Å²) in [5.41, 5.74) is 5.36. The average molecular weight is 1070 g/mol. The number of carbonyl (C=O) groups excluding carboxylic acids is 4. The van der Waals surface area contributed by atoms with Crippen LogP contribution in [-0.2, 0) is 23.9 Å². The molecule has 3 aliphatic heterocycles. The molecule has 2 aromatic rings. The minimum Gasteiger partial charge on any atom is -0.462 e. The monoisotopic (exact) mass is 1070 g/mol. The number of Topliss-reactive ketones (excluding diaryl/α,β-unsaturated/α-hetero) is 2. The van der Waals surface area contributed by atoms with Crippen LogP contribution in [0.25, 0.3) is 10.9 Å². The summed E-state index contributed by atoms with van der Waals surface area (Å²) in [6, 6.07) is 2.49. The number of nitrogens with two attached hydrogens (primary N) is 1. The average Bonchev–Trinajstić information content (AvgIpc) is 4.30. The normalized spacial score (nSPS) is 34.9. The lowest BCUT2D eigenvalue weighted by Gasteiger charge is -2.62. The van der Waals surface area contributed by atoms with Gasteiger partial charge < -0.3 is 29.6 Å². The molecule has 0 amide bonds. The van der Waals surface area contributed by atoms with E-state index in [1.54, 1.807) is 18.0 Å². The molecule has 1 aromatic heterocycles. The van der Waals surface area contributed by atoms with Gasteiger partial charge in [0.1, 0.15) is 29.1 Å². The highest BCUT2D eigenvalue weighted by Gasteiger charge is 2.68. The van der Waals surface area contributed by atoms with Gasteiger partial charge in [-0.25, -0.2) is 9.18 Å². The largest absolute Gasteiger partial charge is 0.462 e. The number of hydrogen-bond donors (Lipinski definition) is 1. The zero-order chi connectivity index (χ0) is 53.2. The number of ether oxygens (including phenoxy) is 2. The summed E-state index contributed by atoms with van der Waals surface area (Å²) < 4.78 is 30.1. The number of aromatic nitrogens is 1. The van der Waals surface area contributed by atoms with Gasteiger partial charge in [0.05, 0.1) is 34.0 Å². The smallest absolute Gasteiger partial charge is 0.343 e. The lowest BCUT2D eigenvalue weighted by molar-refractivity contribution is -0.198. The van der Waals surface area contributed by atoms with Crippen LogP contribution >= 0.6 is 23.4 Å². The molecule has 4 heterocycles. The Labute approximate surface area is 454 Å². The summed E-state index contributed by atoms with van der Waals surface area (Å²) in [6.45, 7) is 14.8. The van der Waals surface area contributed by atoms with Crippen molar-refractivity contribution >= 4 is 63.5 Å². The minimum absolute atomic E-state index is 0.0141. The van der Waals surface area contributed by atoms with Gasteiger partial charge in [-0.05, 0) is 132 Å². The highest BCUT2D eigenvalue weighted by atomic mass is 35.5. The van der Waals surface area contributed by atoms with Gasteiger partial charge in [0.15, 0.2) is 0 Å². The molecule has 8 fully saturated rings. The Bertz CT molecular complexity index is 2590. The van der Waals surface area contributed by atoms with E-state index in [1.807, 2.05) is 15.5 Å². The van der Waals surface area contributed by atoms with Crippen molar-refractivity contribution < 1.29 is 33.0 Å². The number of esters is 2. The predicted molar refractivity (Wildman–Crippen MR) is 297 cm³/mol. The van der Waals surface area contributed by atoms with Gasteiger partial charge in [-0.15, -0.1) is 18.3 Å². The molecule has 3 saturated heterocycles. The predicted octanol–water partition coefficient (Wildman–Crippen LogP) is 12.2. The number of anilines is 1. The first-order chi connectivity index (χ1) is 35.8. The van der Waals surface area contributed by atoms with Crippen molar-refractivity contribution in [3.05, 3.63) is 51.5 Å². The summed E-state index contributed by atoms with van der Waals surface area (Å²) in [6.07, 6.45) is 24.1. The lowest BCUT2D eigenvalue weighted by Crippen LogP contribution is -2.62. The van der Waals surface area contributed by atoms with Crippen molar-refractivity contribution in [1.29, 1.82) is 0 Å². The van der Waals surface area contributed by atoms with Crippen molar-refractivity contribution in [2.24, 2.45) is 51.1 Å². The third kappa shape index (κ3) is 10.3. The van der Waals surface area contributed by atoms with E-state index < -0.39 is 34.1 Å². The highest BCUT2D eigenvalue weighted by molar-refractivity contribution is 8.00. The van der Waals surface area contributed by atoms with Crippen LogP contribution in [0.3, 0.4) is 0 Å². The molecule has 14 heteroatoms. The van der Waals surface area contributed by atoms with Gasteiger partial charge in [0.2, 0.25) is 5.43 Å². The molecule has 1 spiro atoms. The second-order valence-corrected chi connectivity index (χ2v) is 27.6. The van der Waals surface area contributed by atoms with Crippen LogP contribution in [0.1, 0.15) is 192 Å². The van der Waals surface area contributed by atoms with Gasteiger partial charge in [-0.2, -0.15) is 0 Å². The van der Waals surface area contributed by atoms with Crippen LogP contribution < -0.4 is 16.1 Å². The van der Waals surface area contributed by atoms with Crippen LogP contribution in [0.5, 0.6) is 0 Å². The molecular formula is C61H86ClFN4O7S. The van der Waals surface area contributed by atoms with E-state index in [9.17, 15) is 24.0 Å². The number of unbranched alkanes of at least 4 members (excludes halogenated alkanes) is 7. The zero-order valence-electron chi connectivity index (χ0n) is 45.7. The lowest BCUT2D eigenvalue weighted by atomic mass is 9.42. The Hall–Kier alpha value is -3.26.